The molecule has 1 aliphatic heterocycles. The van der Waals surface area contributed by atoms with Crippen LogP contribution in [-0.4, -0.2) is 51.7 Å². The van der Waals surface area contributed by atoms with Gasteiger partial charge in [0.25, 0.3) is 5.91 Å². The molecule has 1 N–H and O–H groups in total. The van der Waals surface area contributed by atoms with Gasteiger partial charge in [-0.2, -0.15) is 0 Å². The second-order valence-electron chi connectivity index (χ2n) is 7.54. The van der Waals surface area contributed by atoms with Crippen LogP contribution in [0.25, 0.3) is 0 Å². The molecule has 0 atom stereocenters. The summed E-state index contributed by atoms with van der Waals surface area (Å²) in [5.41, 5.74) is 0.274. The lowest BCUT2D eigenvalue weighted by Gasteiger charge is -2.30. The predicted molar refractivity (Wildman–Crippen MR) is 125 cm³/mol. The Balaban J connectivity index is 1.67. The van der Waals surface area contributed by atoms with Gasteiger partial charge in [0.15, 0.2) is 0 Å². The minimum absolute atomic E-state index is 0.0542. The third kappa shape index (κ3) is 6.38. The standard InChI is InChI=1S/C22H27ClN2O4S2/c1-16-9-12-25(13-10-16)22(26)20-15-19(7-8-21(20)29-2)31(27,28)24-11-14-30-18-5-3-17(23)4-6-18/h3-8,15-16,24H,9-14H2,1-2H3. The summed E-state index contributed by atoms with van der Waals surface area (Å²) in [7, 11) is -2.28. The molecular weight excluding hydrogens is 456 g/mol. The molecule has 1 heterocycles. The molecule has 1 saturated heterocycles. The number of rotatable bonds is 8. The maximum absolute atomic E-state index is 13.0. The van der Waals surface area contributed by atoms with E-state index in [-0.39, 0.29) is 22.9 Å². The maximum atomic E-state index is 13.0. The van der Waals surface area contributed by atoms with Gasteiger partial charge in [0.2, 0.25) is 10.0 Å². The van der Waals surface area contributed by atoms with Crippen LogP contribution in [0.15, 0.2) is 52.3 Å². The van der Waals surface area contributed by atoms with E-state index in [0.29, 0.717) is 35.5 Å². The Hall–Kier alpha value is -1.74. The zero-order valence-corrected chi connectivity index (χ0v) is 20.0. The Kier molecular flexibility index (Phi) is 8.27. The van der Waals surface area contributed by atoms with E-state index in [0.717, 1.165) is 17.7 Å². The smallest absolute Gasteiger partial charge is 0.257 e. The fraction of sp³-hybridized carbons (Fsp3) is 0.409. The van der Waals surface area contributed by atoms with Gasteiger partial charge in [-0.1, -0.05) is 18.5 Å². The van der Waals surface area contributed by atoms with Gasteiger partial charge in [0.05, 0.1) is 17.6 Å². The molecule has 9 heteroatoms. The maximum Gasteiger partial charge on any atom is 0.257 e. The molecule has 0 aromatic heterocycles. The van der Waals surface area contributed by atoms with Crippen LogP contribution in [0.2, 0.25) is 5.02 Å². The summed E-state index contributed by atoms with van der Waals surface area (Å²) in [6.45, 7) is 3.77. The summed E-state index contributed by atoms with van der Waals surface area (Å²) in [6, 6.07) is 11.8. The van der Waals surface area contributed by atoms with Crippen molar-refractivity contribution in [1.82, 2.24) is 9.62 Å². The molecule has 0 saturated carbocycles. The van der Waals surface area contributed by atoms with Crippen LogP contribution in [0.4, 0.5) is 0 Å². The highest BCUT2D eigenvalue weighted by molar-refractivity contribution is 7.99. The van der Waals surface area contributed by atoms with Gasteiger partial charge >= 0.3 is 0 Å². The first-order chi connectivity index (χ1) is 14.8. The molecule has 2 aromatic carbocycles. The Morgan fingerprint density at radius 2 is 1.87 bits per heavy atom. The first kappa shape index (κ1) is 23.9. The number of halogens is 1. The van der Waals surface area contributed by atoms with Gasteiger partial charge in [-0.05, 0) is 61.2 Å². The van der Waals surface area contributed by atoms with Crippen molar-refractivity contribution in [2.75, 3.05) is 32.5 Å². The Morgan fingerprint density at radius 3 is 2.52 bits per heavy atom. The van der Waals surface area contributed by atoms with Crippen molar-refractivity contribution >= 4 is 39.3 Å². The van der Waals surface area contributed by atoms with E-state index in [4.69, 9.17) is 16.3 Å². The van der Waals surface area contributed by atoms with Crippen molar-refractivity contribution in [3.8, 4) is 5.75 Å². The lowest BCUT2D eigenvalue weighted by molar-refractivity contribution is 0.0693. The van der Waals surface area contributed by atoms with Crippen LogP contribution in [-0.2, 0) is 10.0 Å². The van der Waals surface area contributed by atoms with Gasteiger partial charge in [0.1, 0.15) is 5.75 Å². The minimum atomic E-state index is -3.75. The Labute approximate surface area is 193 Å². The van der Waals surface area contributed by atoms with Crippen LogP contribution in [0.5, 0.6) is 5.75 Å². The molecule has 0 aliphatic carbocycles. The molecule has 0 bridgehead atoms. The van der Waals surface area contributed by atoms with Crippen molar-refractivity contribution < 1.29 is 17.9 Å². The topological polar surface area (TPSA) is 75.7 Å². The zero-order chi connectivity index (χ0) is 22.4. The van der Waals surface area contributed by atoms with Crippen LogP contribution >= 0.6 is 23.4 Å². The van der Waals surface area contributed by atoms with Crippen molar-refractivity contribution in [3.05, 3.63) is 53.1 Å². The molecule has 0 unspecified atom stereocenters. The molecule has 6 nitrogen and oxygen atoms in total. The highest BCUT2D eigenvalue weighted by Crippen LogP contribution is 2.26. The van der Waals surface area contributed by atoms with Crippen LogP contribution in [0.3, 0.4) is 0 Å². The molecule has 1 amide bonds. The van der Waals surface area contributed by atoms with Crippen LogP contribution in [0.1, 0.15) is 30.1 Å². The van der Waals surface area contributed by atoms with Crippen LogP contribution in [0, 0.1) is 5.92 Å². The van der Waals surface area contributed by atoms with Gasteiger partial charge in [-0.3, -0.25) is 4.79 Å². The Bertz CT molecular complexity index is 1000. The summed E-state index contributed by atoms with van der Waals surface area (Å²) in [4.78, 5) is 15.9. The number of methoxy groups -OCH3 is 1. The highest BCUT2D eigenvalue weighted by Gasteiger charge is 2.26. The summed E-state index contributed by atoms with van der Waals surface area (Å²) >= 11 is 7.41. The fourth-order valence-corrected chi connectivity index (χ4v) is 5.44. The number of sulfonamides is 1. The number of nitrogens with one attached hydrogen (secondary N) is 1. The first-order valence-electron chi connectivity index (χ1n) is 10.2. The molecule has 3 rings (SSSR count). The average molecular weight is 483 g/mol. The number of hydrogen-bond donors (Lipinski definition) is 1. The number of nitrogens with zero attached hydrogens (tertiary/aromatic N) is 1. The van der Waals surface area contributed by atoms with Crippen LogP contribution < -0.4 is 9.46 Å². The zero-order valence-electron chi connectivity index (χ0n) is 17.6. The van der Waals surface area contributed by atoms with Crippen molar-refractivity contribution in [2.24, 2.45) is 5.92 Å². The number of piperidine rings is 1. The van der Waals surface area contributed by atoms with E-state index in [1.54, 1.807) is 17.0 Å². The average Bonchev–Trinajstić information content (AvgIpc) is 2.77. The molecule has 1 fully saturated rings. The molecule has 168 valence electrons. The van der Waals surface area contributed by atoms with E-state index >= 15 is 0 Å². The van der Waals surface area contributed by atoms with E-state index < -0.39 is 10.0 Å². The van der Waals surface area contributed by atoms with Crippen molar-refractivity contribution in [3.63, 3.8) is 0 Å². The summed E-state index contributed by atoms with van der Waals surface area (Å²) < 4.78 is 33.5. The van der Waals surface area contributed by atoms with Gasteiger partial charge in [-0.15, -0.1) is 11.8 Å². The molecule has 0 radical (unpaired) electrons. The molecule has 0 spiro atoms. The molecule has 1 aliphatic rings. The van der Waals surface area contributed by atoms with Crippen molar-refractivity contribution in [1.29, 1.82) is 0 Å². The number of hydrogen-bond acceptors (Lipinski definition) is 5. The van der Waals surface area contributed by atoms with E-state index in [1.807, 2.05) is 12.1 Å². The van der Waals surface area contributed by atoms with Gasteiger partial charge in [-0.25, -0.2) is 13.1 Å². The lowest BCUT2D eigenvalue weighted by atomic mass is 9.98. The monoisotopic (exact) mass is 482 g/mol. The quantitative estimate of drug-likeness (QED) is 0.448. The minimum Gasteiger partial charge on any atom is -0.496 e. The van der Waals surface area contributed by atoms with Gasteiger partial charge in [0, 0.05) is 35.3 Å². The molecular formula is C22H27ClN2O4S2. The number of likely N-dealkylation sites (tertiary alicyclic amines) is 1. The van der Waals surface area contributed by atoms with E-state index in [9.17, 15) is 13.2 Å². The lowest BCUT2D eigenvalue weighted by Crippen LogP contribution is -2.38. The molecule has 31 heavy (non-hydrogen) atoms. The SMILES string of the molecule is COc1ccc(S(=O)(=O)NCCSc2ccc(Cl)cc2)cc1C(=O)N1CCC(C)CC1. The molecule has 2 aromatic rings. The largest absolute Gasteiger partial charge is 0.496 e. The number of thioether (sulfide) groups is 1. The highest BCUT2D eigenvalue weighted by atomic mass is 35.5. The number of ether oxygens (including phenoxy) is 1. The van der Waals surface area contributed by atoms with E-state index in [1.165, 1.54) is 37.1 Å². The summed E-state index contributed by atoms with van der Waals surface area (Å²) in [6.07, 6.45) is 1.89. The number of carbonyl (C=O) groups is 1. The summed E-state index contributed by atoms with van der Waals surface area (Å²) in [5, 5.41) is 0.661. The number of benzene rings is 2. The normalized spacial score (nSPS) is 15.1. The second-order valence-corrected chi connectivity index (χ2v) is 10.9. The third-order valence-corrected chi connectivity index (χ3v) is 7.98. The second kappa shape index (κ2) is 10.7. The van der Waals surface area contributed by atoms with Gasteiger partial charge < -0.3 is 9.64 Å². The van der Waals surface area contributed by atoms with E-state index in [2.05, 4.69) is 11.6 Å². The van der Waals surface area contributed by atoms with Crippen molar-refractivity contribution in [2.45, 2.75) is 29.6 Å². The summed E-state index contributed by atoms with van der Waals surface area (Å²) in [5.74, 6) is 1.34. The number of amides is 1. The third-order valence-electron chi connectivity index (χ3n) is 5.26. The Morgan fingerprint density at radius 1 is 1.19 bits per heavy atom. The number of carbonyl (C=O) groups excluding carboxylic acids is 1. The fourth-order valence-electron chi connectivity index (χ4n) is 3.36. The first-order valence-corrected chi connectivity index (χ1v) is 13.0. The predicted octanol–water partition coefficient (Wildman–Crippen LogP) is 4.29.